The summed E-state index contributed by atoms with van der Waals surface area (Å²) in [6.45, 7) is 8.20. The zero-order valence-electron chi connectivity index (χ0n) is 16.0. The van der Waals surface area contributed by atoms with Crippen molar-refractivity contribution in [3.8, 4) is 0 Å². The molecule has 0 saturated heterocycles. The molecule has 3 rings (SSSR count). The van der Waals surface area contributed by atoms with Crippen molar-refractivity contribution >= 4 is 35.4 Å². The number of halogens is 1. The van der Waals surface area contributed by atoms with E-state index >= 15 is 0 Å². The van der Waals surface area contributed by atoms with Gasteiger partial charge in [0.15, 0.2) is 0 Å². The van der Waals surface area contributed by atoms with Gasteiger partial charge in [-0.1, -0.05) is 48.0 Å². The van der Waals surface area contributed by atoms with Crippen LogP contribution in [0.5, 0.6) is 0 Å². The summed E-state index contributed by atoms with van der Waals surface area (Å²) in [5, 5.41) is 0.607. The van der Waals surface area contributed by atoms with Gasteiger partial charge < -0.3 is 0 Å². The molecule has 0 aliphatic carbocycles. The number of rotatable bonds is 4. The molecule has 2 aromatic carbocycles. The molecule has 0 aliphatic heterocycles. The number of hydrogen-bond donors (Lipinski definition) is 0. The van der Waals surface area contributed by atoms with Gasteiger partial charge in [-0.2, -0.15) is 0 Å². The molecule has 0 aliphatic rings. The Labute approximate surface area is 165 Å². The average Bonchev–Trinajstić information content (AvgIpc) is 2.60. The van der Waals surface area contributed by atoms with Crippen LogP contribution in [0.2, 0.25) is 5.02 Å². The van der Waals surface area contributed by atoms with E-state index in [0.717, 1.165) is 33.6 Å². The van der Waals surface area contributed by atoms with Crippen LogP contribution >= 0.6 is 11.6 Å². The highest BCUT2D eigenvalue weighted by Gasteiger charge is 2.03. The zero-order valence-corrected chi connectivity index (χ0v) is 16.7. The Bertz CT molecular complexity index is 916. The molecule has 0 fully saturated rings. The number of aliphatic imine (C=N–C) groups is 2. The van der Waals surface area contributed by atoms with Gasteiger partial charge in [-0.05, 0) is 62.1 Å². The van der Waals surface area contributed by atoms with Crippen LogP contribution in [-0.4, -0.2) is 17.4 Å². The molecule has 0 amide bonds. The smallest absolute Gasteiger partial charge is 0.0835 e. The summed E-state index contributed by atoms with van der Waals surface area (Å²) < 4.78 is 0. The van der Waals surface area contributed by atoms with Crippen LogP contribution in [0, 0.1) is 27.7 Å². The fourth-order valence-electron chi connectivity index (χ4n) is 2.95. The second-order valence-corrected chi connectivity index (χ2v) is 7.07. The minimum atomic E-state index is 0.607. The predicted molar refractivity (Wildman–Crippen MR) is 116 cm³/mol. The van der Waals surface area contributed by atoms with Crippen molar-refractivity contribution in [1.29, 1.82) is 0 Å². The van der Waals surface area contributed by atoms with Crippen LogP contribution in [0.4, 0.5) is 11.4 Å². The molecular weight excluding hydrogens is 354 g/mol. The van der Waals surface area contributed by atoms with Crippen LogP contribution in [-0.2, 0) is 0 Å². The molecule has 0 saturated carbocycles. The molecule has 1 heterocycles. The lowest BCUT2D eigenvalue weighted by atomic mass is 10.1. The van der Waals surface area contributed by atoms with Gasteiger partial charge in [-0.25, -0.2) is 4.98 Å². The third kappa shape index (κ3) is 4.69. The Hall–Kier alpha value is -2.78. The normalized spacial score (nSPS) is 11.6. The van der Waals surface area contributed by atoms with Gasteiger partial charge in [-0.15, -0.1) is 0 Å². The number of benzene rings is 2. The number of nitrogens with zero attached hydrogens (tertiary/aromatic N) is 3. The van der Waals surface area contributed by atoms with E-state index < -0.39 is 0 Å². The minimum Gasteiger partial charge on any atom is -0.254 e. The van der Waals surface area contributed by atoms with Crippen molar-refractivity contribution in [2.45, 2.75) is 27.7 Å². The Morgan fingerprint density at radius 3 is 1.44 bits per heavy atom. The van der Waals surface area contributed by atoms with Crippen molar-refractivity contribution in [2.24, 2.45) is 9.98 Å². The first kappa shape index (κ1) is 19.0. The highest BCUT2D eigenvalue weighted by atomic mass is 35.5. The van der Waals surface area contributed by atoms with Gasteiger partial charge in [0.25, 0.3) is 0 Å². The number of aromatic nitrogens is 1. The van der Waals surface area contributed by atoms with E-state index in [2.05, 4.69) is 15.0 Å². The number of aryl methyl sites for hydroxylation is 4. The number of para-hydroxylation sites is 2. The van der Waals surface area contributed by atoms with Gasteiger partial charge in [0.2, 0.25) is 0 Å². The van der Waals surface area contributed by atoms with E-state index in [1.807, 2.05) is 64.1 Å². The van der Waals surface area contributed by atoms with E-state index in [1.54, 1.807) is 24.6 Å². The van der Waals surface area contributed by atoms with Gasteiger partial charge >= 0.3 is 0 Å². The fourth-order valence-corrected chi connectivity index (χ4v) is 3.17. The SMILES string of the molecule is Cc1cccc(C)c1N=Cc1cc(Cl)cc(C=Nc2c(C)cccc2C)n1. The van der Waals surface area contributed by atoms with Crippen molar-refractivity contribution in [3.05, 3.63) is 87.2 Å². The predicted octanol–water partition coefficient (Wildman–Crippen LogP) is 6.47. The summed E-state index contributed by atoms with van der Waals surface area (Å²) in [5.41, 5.74) is 7.85. The first-order valence-corrected chi connectivity index (χ1v) is 9.20. The highest BCUT2D eigenvalue weighted by Crippen LogP contribution is 2.24. The van der Waals surface area contributed by atoms with E-state index in [0.29, 0.717) is 16.4 Å². The number of hydrogen-bond acceptors (Lipinski definition) is 3. The second-order valence-electron chi connectivity index (χ2n) is 6.63. The maximum absolute atomic E-state index is 6.28. The minimum absolute atomic E-state index is 0.607. The van der Waals surface area contributed by atoms with Gasteiger partial charge in [0.1, 0.15) is 0 Å². The van der Waals surface area contributed by atoms with Gasteiger partial charge in [-0.3, -0.25) is 9.98 Å². The van der Waals surface area contributed by atoms with Crippen molar-refractivity contribution in [2.75, 3.05) is 0 Å². The van der Waals surface area contributed by atoms with Crippen molar-refractivity contribution < 1.29 is 0 Å². The zero-order chi connectivity index (χ0) is 19.4. The Morgan fingerprint density at radius 1 is 0.704 bits per heavy atom. The summed E-state index contributed by atoms with van der Waals surface area (Å²) in [5.74, 6) is 0. The lowest BCUT2D eigenvalue weighted by Gasteiger charge is -2.05. The maximum Gasteiger partial charge on any atom is 0.0835 e. The summed E-state index contributed by atoms with van der Waals surface area (Å²) in [6.07, 6.45) is 3.50. The molecular formula is C23H22ClN3. The van der Waals surface area contributed by atoms with Crippen LogP contribution < -0.4 is 0 Å². The standard InChI is InChI=1S/C23H22ClN3/c1-15-7-5-8-16(2)22(15)25-13-20-11-19(24)12-21(27-20)14-26-23-17(3)9-6-10-18(23)4/h5-14H,1-4H3. The molecule has 0 N–H and O–H groups in total. The quantitative estimate of drug-likeness (QED) is 0.481. The van der Waals surface area contributed by atoms with E-state index in [4.69, 9.17) is 11.6 Å². The topological polar surface area (TPSA) is 37.6 Å². The summed E-state index contributed by atoms with van der Waals surface area (Å²) in [4.78, 5) is 13.8. The first-order valence-electron chi connectivity index (χ1n) is 8.82. The van der Waals surface area contributed by atoms with Crippen LogP contribution in [0.25, 0.3) is 0 Å². The lowest BCUT2D eigenvalue weighted by Crippen LogP contribution is -1.95. The van der Waals surface area contributed by atoms with Gasteiger partial charge in [0.05, 0.1) is 35.2 Å². The molecule has 3 aromatic rings. The molecule has 0 spiro atoms. The maximum atomic E-state index is 6.28. The summed E-state index contributed by atoms with van der Waals surface area (Å²) >= 11 is 6.28. The molecule has 0 unspecified atom stereocenters. The molecule has 1 aromatic heterocycles. The van der Waals surface area contributed by atoms with Crippen LogP contribution in [0.3, 0.4) is 0 Å². The largest absolute Gasteiger partial charge is 0.254 e. The van der Waals surface area contributed by atoms with Crippen LogP contribution in [0.15, 0.2) is 58.5 Å². The van der Waals surface area contributed by atoms with Crippen molar-refractivity contribution in [3.63, 3.8) is 0 Å². The van der Waals surface area contributed by atoms with E-state index in [-0.39, 0.29) is 0 Å². The first-order chi connectivity index (χ1) is 12.9. The Balaban J connectivity index is 1.91. The Kier molecular flexibility index (Phi) is 5.82. The fraction of sp³-hybridized carbons (Fsp3) is 0.174. The molecule has 27 heavy (non-hydrogen) atoms. The average molecular weight is 376 g/mol. The number of pyridine rings is 1. The third-order valence-electron chi connectivity index (χ3n) is 4.36. The molecule has 3 nitrogen and oxygen atoms in total. The second kappa shape index (κ2) is 8.28. The summed E-state index contributed by atoms with van der Waals surface area (Å²) in [7, 11) is 0. The highest BCUT2D eigenvalue weighted by molar-refractivity contribution is 6.31. The van der Waals surface area contributed by atoms with E-state index in [1.165, 1.54) is 0 Å². The van der Waals surface area contributed by atoms with Gasteiger partial charge in [0, 0.05) is 5.02 Å². The van der Waals surface area contributed by atoms with Crippen LogP contribution in [0.1, 0.15) is 33.6 Å². The van der Waals surface area contributed by atoms with E-state index in [9.17, 15) is 0 Å². The molecule has 136 valence electrons. The lowest BCUT2D eigenvalue weighted by molar-refractivity contribution is 1.26. The molecule has 0 bridgehead atoms. The Morgan fingerprint density at radius 2 is 1.07 bits per heavy atom. The molecule has 4 heteroatoms. The summed E-state index contributed by atoms with van der Waals surface area (Å²) in [6, 6.07) is 15.9. The monoisotopic (exact) mass is 375 g/mol. The molecule has 0 radical (unpaired) electrons. The molecule has 0 atom stereocenters. The third-order valence-corrected chi connectivity index (χ3v) is 4.58. The van der Waals surface area contributed by atoms with Crippen molar-refractivity contribution in [1.82, 2.24) is 4.98 Å².